The Bertz CT molecular complexity index is 184. The number of hydrogen-bond acceptors (Lipinski definition) is 1. The highest BCUT2D eigenvalue weighted by atomic mass is 14.9. The average Bonchev–Trinajstić information content (AvgIpc) is 2.30. The highest BCUT2D eigenvalue weighted by Crippen LogP contribution is 2.23. The third-order valence-corrected chi connectivity index (χ3v) is 3.47. The summed E-state index contributed by atoms with van der Waals surface area (Å²) < 4.78 is 0. The van der Waals surface area contributed by atoms with E-state index in [2.05, 4.69) is 25.4 Å². The Labute approximate surface area is 95.3 Å². The molecule has 0 aromatic heterocycles. The molecule has 88 valence electrons. The Morgan fingerprint density at radius 1 is 1.27 bits per heavy atom. The van der Waals surface area contributed by atoms with E-state index in [1.807, 2.05) is 0 Å². The van der Waals surface area contributed by atoms with Gasteiger partial charge in [-0.05, 0) is 39.2 Å². The van der Waals surface area contributed by atoms with Gasteiger partial charge in [-0.1, -0.05) is 44.3 Å². The first-order chi connectivity index (χ1) is 7.38. The van der Waals surface area contributed by atoms with Crippen molar-refractivity contribution >= 4 is 0 Å². The van der Waals surface area contributed by atoms with Crippen LogP contribution < -0.4 is 5.32 Å². The molecule has 1 nitrogen and oxygen atoms in total. The quantitative estimate of drug-likeness (QED) is 0.493. The topological polar surface area (TPSA) is 12.0 Å². The highest BCUT2D eigenvalue weighted by molar-refractivity contribution is 5.12. The first-order valence-corrected chi connectivity index (χ1v) is 6.74. The van der Waals surface area contributed by atoms with Crippen LogP contribution in [0.2, 0.25) is 0 Å². The lowest BCUT2D eigenvalue weighted by molar-refractivity contribution is 0.506. The van der Waals surface area contributed by atoms with Crippen molar-refractivity contribution in [1.29, 1.82) is 0 Å². The van der Waals surface area contributed by atoms with E-state index in [1.54, 1.807) is 5.57 Å². The standard InChI is InChI=1S/C14H27N/c1-3-4-5-9-12-14(15-2)13-10-7-6-8-11-13/h10,14-15H,3-9,11-12H2,1-2H3. The molecule has 1 N–H and O–H groups in total. The van der Waals surface area contributed by atoms with Gasteiger partial charge in [0.1, 0.15) is 0 Å². The Morgan fingerprint density at radius 2 is 2.13 bits per heavy atom. The van der Waals surface area contributed by atoms with Crippen LogP contribution in [-0.4, -0.2) is 13.1 Å². The molecule has 0 aromatic carbocycles. The van der Waals surface area contributed by atoms with Gasteiger partial charge in [0, 0.05) is 6.04 Å². The Hall–Kier alpha value is -0.300. The summed E-state index contributed by atoms with van der Waals surface area (Å²) in [6, 6.07) is 0.669. The molecule has 0 amide bonds. The van der Waals surface area contributed by atoms with Gasteiger partial charge in [-0.15, -0.1) is 0 Å². The Balaban J connectivity index is 2.25. The molecule has 0 aliphatic heterocycles. The normalized spacial score (nSPS) is 18.7. The minimum atomic E-state index is 0.669. The lowest BCUT2D eigenvalue weighted by Gasteiger charge is -2.22. The van der Waals surface area contributed by atoms with Crippen molar-refractivity contribution in [1.82, 2.24) is 5.32 Å². The summed E-state index contributed by atoms with van der Waals surface area (Å²) >= 11 is 0. The maximum Gasteiger partial charge on any atom is 0.0276 e. The molecular weight excluding hydrogens is 182 g/mol. The van der Waals surface area contributed by atoms with Crippen molar-refractivity contribution in [3.05, 3.63) is 11.6 Å². The van der Waals surface area contributed by atoms with Gasteiger partial charge < -0.3 is 5.32 Å². The predicted molar refractivity (Wildman–Crippen MR) is 68.2 cm³/mol. The lowest BCUT2D eigenvalue weighted by Crippen LogP contribution is -2.28. The van der Waals surface area contributed by atoms with Crippen LogP contribution in [0.1, 0.15) is 64.7 Å². The first-order valence-electron chi connectivity index (χ1n) is 6.74. The third kappa shape index (κ3) is 4.83. The van der Waals surface area contributed by atoms with Gasteiger partial charge in [0.25, 0.3) is 0 Å². The van der Waals surface area contributed by atoms with Crippen LogP contribution in [0.25, 0.3) is 0 Å². The van der Waals surface area contributed by atoms with E-state index in [-0.39, 0.29) is 0 Å². The molecule has 0 radical (unpaired) electrons. The van der Waals surface area contributed by atoms with E-state index < -0.39 is 0 Å². The minimum Gasteiger partial charge on any atom is -0.313 e. The van der Waals surface area contributed by atoms with Gasteiger partial charge in [-0.25, -0.2) is 0 Å². The van der Waals surface area contributed by atoms with Gasteiger partial charge >= 0.3 is 0 Å². The number of likely N-dealkylation sites (N-methyl/N-ethyl adjacent to an activating group) is 1. The second-order valence-electron chi connectivity index (χ2n) is 4.72. The summed E-state index contributed by atoms with van der Waals surface area (Å²) in [6.45, 7) is 2.28. The second kappa shape index (κ2) is 7.92. The molecule has 0 saturated heterocycles. The molecule has 15 heavy (non-hydrogen) atoms. The van der Waals surface area contributed by atoms with Crippen LogP contribution in [0.15, 0.2) is 11.6 Å². The van der Waals surface area contributed by atoms with Crippen LogP contribution in [0.5, 0.6) is 0 Å². The maximum atomic E-state index is 3.48. The maximum absolute atomic E-state index is 3.48. The molecule has 1 unspecified atom stereocenters. The molecule has 0 bridgehead atoms. The molecule has 1 atom stereocenters. The number of nitrogens with one attached hydrogen (secondary N) is 1. The van der Waals surface area contributed by atoms with Gasteiger partial charge in [-0.2, -0.15) is 0 Å². The summed E-state index contributed by atoms with van der Waals surface area (Å²) in [4.78, 5) is 0. The molecule has 0 aromatic rings. The first kappa shape index (κ1) is 12.8. The molecular formula is C14H27N. The summed E-state index contributed by atoms with van der Waals surface area (Å²) in [5.74, 6) is 0. The van der Waals surface area contributed by atoms with E-state index in [0.717, 1.165) is 0 Å². The van der Waals surface area contributed by atoms with Crippen molar-refractivity contribution in [2.75, 3.05) is 7.05 Å². The Morgan fingerprint density at radius 3 is 2.73 bits per heavy atom. The number of allylic oxidation sites excluding steroid dienone is 1. The molecule has 0 heterocycles. The largest absolute Gasteiger partial charge is 0.313 e. The van der Waals surface area contributed by atoms with Gasteiger partial charge in [0.05, 0.1) is 0 Å². The van der Waals surface area contributed by atoms with E-state index in [4.69, 9.17) is 0 Å². The van der Waals surface area contributed by atoms with Crippen LogP contribution in [0.3, 0.4) is 0 Å². The van der Waals surface area contributed by atoms with Crippen molar-refractivity contribution in [2.45, 2.75) is 70.8 Å². The molecule has 1 aliphatic rings. The summed E-state index contributed by atoms with van der Waals surface area (Å²) in [7, 11) is 2.11. The monoisotopic (exact) mass is 209 g/mol. The third-order valence-electron chi connectivity index (χ3n) is 3.47. The summed E-state index contributed by atoms with van der Waals surface area (Å²) in [6.07, 6.45) is 14.8. The van der Waals surface area contributed by atoms with Crippen LogP contribution in [0.4, 0.5) is 0 Å². The average molecular weight is 209 g/mol. The zero-order chi connectivity index (χ0) is 10.9. The minimum absolute atomic E-state index is 0.669. The van der Waals surface area contributed by atoms with Gasteiger partial charge in [0.2, 0.25) is 0 Å². The number of hydrogen-bond donors (Lipinski definition) is 1. The molecule has 1 aliphatic carbocycles. The summed E-state index contributed by atoms with van der Waals surface area (Å²) in [5, 5.41) is 3.48. The van der Waals surface area contributed by atoms with Crippen LogP contribution in [-0.2, 0) is 0 Å². The zero-order valence-corrected chi connectivity index (χ0v) is 10.5. The zero-order valence-electron chi connectivity index (χ0n) is 10.5. The fraction of sp³-hybridized carbons (Fsp3) is 0.857. The predicted octanol–water partition coefficient (Wildman–Crippen LogP) is 4.05. The van der Waals surface area contributed by atoms with Crippen molar-refractivity contribution in [3.63, 3.8) is 0 Å². The van der Waals surface area contributed by atoms with Crippen molar-refractivity contribution < 1.29 is 0 Å². The molecule has 0 fully saturated rings. The molecule has 1 heteroatoms. The second-order valence-corrected chi connectivity index (χ2v) is 4.72. The fourth-order valence-electron chi connectivity index (χ4n) is 2.47. The molecule has 0 spiro atoms. The van der Waals surface area contributed by atoms with E-state index in [9.17, 15) is 0 Å². The highest BCUT2D eigenvalue weighted by Gasteiger charge is 2.13. The smallest absolute Gasteiger partial charge is 0.0276 e. The van der Waals surface area contributed by atoms with Gasteiger partial charge in [-0.3, -0.25) is 0 Å². The number of rotatable bonds is 7. The van der Waals surface area contributed by atoms with E-state index >= 15 is 0 Å². The fourth-order valence-corrected chi connectivity index (χ4v) is 2.47. The van der Waals surface area contributed by atoms with Gasteiger partial charge in [0.15, 0.2) is 0 Å². The van der Waals surface area contributed by atoms with Crippen LogP contribution >= 0.6 is 0 Å². The van der Waals surface area contributed by atoms with E-state index in [1.165, 1.54) is 57.8 Å². The Kier molecular flexibility index (Phi) is 6.74. The SMILES string of the molecule is CCCCCCC(NC)C1=CCCCC1. The van der Waals surface area contributed by atoms with E-state index in [0.29, 0.717) is 6.04 Å². The van der Waals surface area contributed by atoms with Crippen molar-refractivity contribution in [2.24, 2.45) is 0 Å². The molecule has 1 rings (SSSR count). The van der Waals surface area contributed by atoms with Crippen molar-refractivity contribution in [3.8, 4) is 0 Å². The summed E-state index contributed by atoms with van der Waals surface area (Å²) in [5.41, 5.74) is 1.68. The lowest BCUT2D eigenvalue weighted by atomic mass is 9.91. The molecule has 0 saturated carbocycles. The number of unbranched alkanes of at least 4 members (excludes halogenated alkanes) is 3. The van der Waals surface area contributed by atoms with Crippen LogP contribution in [0, 0.1) is 0 Å².